The summed E-state index contributed by atoms with van der Waals surface area (Å²) in [6, 6.07) is 16.7. The van der Waals surface area contributed by atoms with E-state index in [1.807, 2.05) is 12.1 Å². The Morgan fingerprint density at radius 1 is 1.09 bits per heavy atom. The normalized spacial score (nSPS) is 20.3. The maximum atomic E-state index is 12.3. The summed E-state index contributed by atoms with van der Waals surface area (Å²) in [6.45, 7) is 1.75. The van der Waals surface area contributed by atoms with Crippen molar-refractivity contribution < 1.29 is 9.53 Å². The van der Waals surface area contributed by atoms with Gasteiger partial charge in [0.25, 0.3) is 0 Å². The van der Waals surface area contributed by atoms with Crippen molar-refractivity contribution in [2.24, 2.45) is 11.8 Å². The summed E-state index contributed by atoms with van der Waals surface area (Å²) in [5.74, 6) is 5.64. The van der Waals surface area contributed by atoms with Crippen LogP contribution in [0.5, 0.6) is 0 Å². The second-order valence-corrected chi connectivity index (χ2v) is 6.34. The first-order valence-corrected chi connectivity index (χ1v) is 8.08. The number of carbonyl (C=O) groups excluding carboxylic acids is 1. The minimum Gasteiger partial charge on any atom is -0.464 e. The maximum absolute atomic E-state index is 12.3. The second-order valence-electron chi connectivity index (χ2n) is 6.34. The quantitative estimate of drug-likeness (QED) is 0.699. The molecule has 1 saturated heterocycles. The Morgan fingerprint density at radius 3 is 2.26 bits per heavy atom. The summed E-state index contributed by atoms with van der Waals surface area (Å²) in [7, 11) is 0. The molecule has 23 heavy (non-hydrogen) atoms. The first-order chi connectivity index (χ1) is 11.2. The molecule has 2 aromatic rings. The Hall–Kier alpha value is -2.17. The van der Waals surface area contributed by atoms with Crippen molar-refractivity contribution in [3.8, 4) is 11.1 Å². The lowest BCUT2D eigenvalue weighted by Crippen LogP contribution is -2.30. The highest BCUT2D eigenvalue weighted by molar-refractivity contribution is 5.79. The van der Waals surface area contributed by atoms with Gasteiger partial charge in [-0.1, -0.05) is 48.5 Å². The van der Waals surface area contributed by atoms with Crippen LogP contribution in [0.4, 0.5) is 0 Å². The van der Waals surface area contributed by atoms with Gasteiger partial charge in [0.1, 0.15) is 6.61 Å². The predicted molar refractivity (Wildman–Crippen MR) is 88.5 cm³/mol. The molecule has 1 aliphatic carbocycles. The number of hydrogen-bond acceptors (Lipinski definition) is 4. The van der Waals surface area contributed by atoms with Crippen LogP contribution in [-0.4, -0.2) is 30.7 Å². The molecule has 4 nitrogen and oxygen atoms in total. The Morgan fingerprint density at radius 2 is 1.70 bits per heavy atom. The minimum absolute atomic E-state index is 0.0908. The number of hydrogen-bond donors (Lipinski definition) is 1. The third-order valence-electron chi connectivity index (χ3n) is 4.91. The zero-order valence-electron chi connectivity index (χ0n) is 12.9. The van der Waals surface area contributed by atoms with E-state index in [0.717, 1.165) is 13.0 Å². The SMILES string of the molecule is NN1CCC(C(=O)OCC2c3ccccc3-c3ccccc32)C1. The number of rotatable bonds is 3. The molecule has 4 heteroatoms. The lowest BCUT2D eigenvalue weighted by atomic mass is 9.98. The highest BCUT2D eigenvalue weighted by Gasteiger charge is 2.32. The van der Waals surface area contributed by atoms with Gasteiger partial charge in [-0.25, -0.2) is 5.01 Å². The molecule has 0 bridgehead atoms. The van der Waals surface area contributed by atoms with Crippen molar-refractivity contribution in [1.29, 1.82) is 0 Å². The molecule has 0 spiro atoms. The van der Waals surface area contributed by atoms with Gasteiger partial charge >= 0.3 is 5.97 Å². The maximum Gasteiger partial charge on any atom is 0.310 e. The molecule has 0 radical (unpaired) electrons. The fourth-order valence-corrected chi connectivity index (χ4v) is 3.70. The largest absolute Gasteiger partial charge is 0.464 e. The molecule has 2 aliphatic rings. The van der Waals surface area contributed by atoms with E-state index in [2.05, 4.69) is 36.4 Å². The molecule has 2 N–H and O–H groups in total. The standard InChI is InChI=1S/C19H20N2O2/c20-21-10-9-13(11-21)19(22)23-12-18-16-7-3-1-5-14(16)15-6-2-4-8-17(15)18/h1-8,13,18H,9-12,20H2. The van der Waals surface area contributed by atoms with Gasteiger partial charge in [-0.3, -0.25) is 10.6 Å². The first kappa shape index (κ1) is 14.4. The third kappa shape index (κ3) is 2.54. The van der Waals surface area contributed by atoms with E-state index in [4.69, 9.17) is 10.6 Å². The van der Waals surface area contributed by atoms with Crippen LogP contribution >= 0.6 is 0 Å². The van der Waals surface area contributed by atoms with Gasteiger partial charge in [-0.2, -0.15) is 0 Å². The van der Waals surface area contributed by atoms with Crippen molar-refractivity contribution in [3.63, 3.8) is 0 Å². The lowest BCUT2D eigenvalue weighted by Gasteiger charge is -2.16. The summed E-state index contributed by atoms with van der Waals surface area (Å²) in [4.78, 5) is 12.3. The molecule has 2 aromatic carbocycles. The van der Waals surface area contributed by atoms with Gasteiger partial charge in [0.05, 0.1) is 5.92 Å². The van der Waals surface area contributed by atoms with Crippen LogP contribution < -0.4 is 5.84 Å². The van der Waals surface area contributed by atoms with Crippen molar-refractivity contribution >= 4 is 5.97 Å². The Kier molecular flexibility index (Phi) is 3.63. The van der Waals surface area contributed by atoms with Crippen LogP contribution in [0, 0.1) is 5.92 Å². The van der Waals surface area contributed by atoms with Gasteiger partial charge < -0.3 is 4.74 Å². The molecule has 1 atom stereocenters. The number of carbonyl (C=O) groups is 1. The van der Waals surface area contributed by atoms with E-state index in [0.29, 0.717) is 13.2 Å². The molecule has 1 heterocycles. The van der Waals surface area contributed by atoms with Crippen LogP contribution in [0.3, 0.4) is 0 Å². The second kappa shape index (κ2) is 5.80. The van der Waals surface area contributed by atoms with Gasteiger partial charge in [0, 0.05) is 19.0 Å². The Labute approximate surface area is 135 Å². The van der Waals surface area contributed by atoms with Crippen LogP contribution in [0.25, 0.3) is 11.1 Å². The predicted octanol–water partition coefficient (Wildman–Crippen LogP) is 2.54. The van der Waals surface area contributed by atoms with Crippen LogP contribution in [0.15, 0.2) is 48.5 Å². The van der Waals surface area contributed by atoms with Gasteiger partial charge in [0.15, 0.2) is 0 Å². The highest BCUT2D eigenvalue weighted by atomic mass is 16.5. The van der Waals surface area contributed by atoms with Crippen LogP contribution in [-0.2, 0) is 9.53 Å². The van der Waals surface area contributed by atoms with E-state index >= 15 is 0 Å². The smallest absolute Gasteiger partial charge is 0.310 e. The molecule has 118 valence electrons. The molecule has 1 fully saturated rings. The summed E-state index contributed by atoms with van der Waals surface area (Å²) in [5.41, 5.74) is 4.98. The Bertz CT molecular complexity index is 698. The fourth-order valence-electron chi connectivity index (χ4n) is 3.70. The van der Waals surface area contributed by atoms with Gasteiger partial charge in [-0.15, -0.1) is 0 Å². The van der Waals surface area contributed by atoms with Crippen molar-refractivity contribution in [2.45, 2.75) is 12.3 Å². The third-order valence-corrected chi connectivity index (χ3v) is 4.91. The minimum atomic E-state index is -0.125. The summed E-state index contributed by atoms with van der Waals surface area (Å²) >= 11 is 0. The van der Waals surface area contributed by atoms with E-state index < -0.39 is 0 Å². The number of esters is 1. The van der Waals surface area contributed by atoms with E-state index in [1.54, 1.807) is 5.01 Å². The molecular weight excluding hydrogens is 288 g/mol. The van der Waals surface area contributed by atoms with E-state index in [9.17, 15) is 4.79 Å². The molecule has 1 aliphatic heterocycles. The molecular formula is C19H20N2O2. The molecule has 1 unspecified atom stereocenters. The summed E-state index contributed by atoms with van der Waals surface area (Å²) in [6.07, 6.45) is 0.785. The number of fused-ring (bicyclic) bond motifs is 3. The fraction of sp³-hybridized carbons (Fsp3) is 0.316. The summed E-state index contributed by atoms with van der Waals surface area (Å²) in [5, 5.41) is 1.69. The molecule has 0 aromatic heterocycles. The molecule has 4 rings (SSSR count). The van der Waals surface area contributed by atoms with Crippen LogP contribution in [0.2, 0.25) is 0 Å². The monoisotopic (exact) mass is 308 g/mol. The number of hydrazine groups is 1. The topological polar surface area (TPSA) is 55.6 Å². The number of benzene rings is 2. The zero-order valence-corrected chi connectivity index (χ0v) is 12.9. The summed E-state index contributed by atoms with van der Waals surface area (Å²) < 4.78 is 5.65. The van der Waals surface area contributed by atoms with Crippen LogP contribution in [0.1, 0.15) is 23.5 Å². The average Bonchev–Trinajstić information content (AvgIpc) is 3.15. The average molecular weight is 308 g/mol. The zero-order chi connectivity index (χ0) is 15.8. The molecule has 0 saturated carbocycles. The molecule has 0 amide bonds. The number of nitrogens with two attached hydrogens (primary N) is 1. The van der Waals surface area contributed by atoms with Crippen molar-refractivity contribution in [3.05, 3.63) is 59.7 Å². The highest BCUT2D eigenvalue weighted by Crippen LogP contribution is 2.44. The van der Waals surface area contributed by atoms with Crippen molar-refractivity contribution in [1.82, 2.24) is 5.01 Å². The number of nitrogens with zero attached hydrogens (tertiary/aromatic N) is 1. The Balaban J connectivity index is 1.54. The van der Waals surface area contributed by atoms with Crippen molar-refractivity contribution in [2.75, 3.05) is 19.7 Å². The van der Waals surface area contributed by atoms with Gasteiger partial charge in [-0.05, 0) is 28.7 Å². The first-order valence-electron chi connectivity index (χ1n) is 8.08. The van der Waals surface area contributed by atoms with Gasteiger partial charge in [0.2, 0.25) is 0 Å². The number of ether oxygens (including phenoxy) is 1. The van der Waals surface area contributed by atoms with E-state index in [1.165, 1.54) is 22.3 Å². The van der Waals surface area contributed by atoms with E-state index in [-0.39, 0.29) is 17.8 Å². The lowest BCUT2D eigenvalue weighted by molar-refractivity contribution is -0.148.